The summed E-state index contributed by atoms with van der Waals surface area (Å²) >= 11 is 4.13. The minimum absolute atomic E-state index is 0.0549. The smallest absolute Gasteiger partial charge is 0.246 e. The van der Waals surface area contributed by atoms with Gasteiger partial charge >= 0.3 is 0 Å². The molecule has 3 aromatic carbocycles. The third-order valence-corrected chi connectivity index (χ3v) is 11.5. The minimum atomic E-state index is -1.58. The van der Waals surface area contributed by atoms with Gasteiger partial charge in [-0.1, -0.05) is 80.6 Å². The van der Waals surface area contributed by atoms with Gasteiger partial charge in [0.25, 0.3) is 0 Å². The molecule has 67 heavy (non-hydrogen) atoms. The van der Waals surface area contributed by atoms with Crippen LogP contribution in [-0.4, -0.2) is 129 Å². The second kappa shape index (κ2) is 23.9. The molecule has 20 heteroatoms. The molecule has 1 aliphatic rings. The number of hydrogen-bond donors (Lipinski definition) is 10. The number of carbonyl (C=O) groups is 8. The summed E-state index contributed by atoms with van der Waals surface area (Å²) < 4.78 is 0. The summed E-state index contributed by atoms with van der Waals surface area (Å²) in [6.45, 7) is 3.43. The van der Waals surface area contributed by atoms with Crippen LogP contribution in [0, 0.1) is 5.92 Å². The van der Waals surface area contributed by atoms with Gasteiger partial charge in [0.05, 0.1) is 13.2 Å². The zero-order valence-electron chi connectivity index (χ0n) is 37.4. The second-order valence-corrected chi connectivity index (χ2v) is 16.9. The average molecular weight is 940 g/mol. The molecular weight excluding hydrogens is 883 g/mol. The van der Waals surface area contributed by atoms with Crippen LogP contribution in [0.4, 0.5) is 0 Å². The number of carbonyl (C=O) groups excluding carboxylic acids is 8. The summed E-state index contributed by atoms with van der Waals surface area (Å²) in [7, 11) is 0. The summed E-state index contributed by atoms with van der Waals surface area (Å²) in [5.74, 6) is -6.58. The number of phenols is 1. The Morgan fingerprint density at radius 1 is 0.761 bits per heavy atom. The Kier molecular flexibility index (Phi) is 18.2. The standard InChI is InChI=1S/C47H57N9O10S/c1-26(2)40(55-44(63)34(50-27(3)58)22-30-16-17-32-31(29-13-8-5-9-14-29)18-19-38(59)41(32)51-30)47(66)56-20-10-15-37(56)46(65)53-35(24-57)45(64)52-33(21-28-11-6-4-7-12-28)43(62)54-36(25-67)42(61)49-23-39(48)60/h4-9,11-14,16-19,26,33-37,40,57,59,67H,10,15,20-25H2,1-3H3,(H2,48,60)(H,49,61)(H,50,58)(H,52,64)(H,53,65)(H,54,62)(H,55,63)/t33-,34+,35+,36-,37-,40-/m0/s1. The number of aliphatic hydroxyl groups is 1. The molecule has 19 nitrogen and oxygen atoms in total. The van der Waals surface area contributed by atoms with Crippen LogP contribution in [0.15, 0.2) is 84.9 Å². The van der Waals surface area contributed by atoms with Crippen molar-refractivity contribution in [3.63, 3.8) is 0 Å². The molecule has 0 spiro atoms. The molecule has 1 aromatic heterocycles. The highest BCUT2D eigenvalue weighted by molar-refractivity contribution is 7.80. The van der Waals surface area contributed by atoms with Gasteiger partial charge in [0.15, 0.2) is 0 Å². The van der Waals surface area contributed by atoms with E-state index in [4.69, 9.17) is 5.73 Å². The first kappa shape index (κ1) is 50.9. The molecule has 6 atom stereocenters. The van der Waals surface area contributed by atoms with Gasteiger partial charge in [-0.3, -0.25) is 38.4 Å². The number of nitrogens with zero attached hydrogens (tertiary/aromatic N) is 2. The number of fused-ring (bicyclic) bond motifs is 1. The predicted octanol–water partition coefficient (Wildman–Crippen LogP) is 0.00710. The van der Waals surface area contributed by atoms with E-state index in [2.05, 4.69) is 49.5 Å². The lowest BCUT2D eigenvalue weighted by Gasteiger charge is -2.32. The number of phenolic OH excluding ortho intramolecular Hbond substituents is 1. The summed E-state index contributed by atoms with van der Waals surface area (Å²) in [5.41, 5.74) is 8.18. The van der Waals surface area contributed by atoms with Crippen LogP contribution in [0.25, 0.3) is 22.0 Å². The zero-order chi connectivity index (χ0) is 48.8. The van der Waals surface area contributed by atoms with Gasteiger partial charge < -0.3 is 52.7 Å². The van der Waals surface area contributed by atoms with E-state index in [1.54, 1.807) is 62.4 Å². The number of aromatic nitrogens is 1. The van der Waals surface area contributed by atoms with Gasteiger partial charge in [-0.25, -0.2) is 4.98 Å². The maximum atomic E-state index is 14.3. The van der Waals surface area contributed by atoms with E-state index in [1.807, 2.05) is 30.3 Å². The van der Waals surface area contributed by atoms with Crippen molar-refractivity contribution in [1.29, 1.82) is 0 Å². The Labute approximate surface area is 392 Å². The monoisotopic (exact) mass is 939 g/mol. The van der Waals surface area contributed by atoms with Gasteiger partial charge in [-0.15, -0.1) is 0 Å². The number of rotatable bonds is 21. The number of benzene rings is 3. The molecule has 0 unspecified atom stereocenters. The van der Waals surface area contributed by atoms with Crippen molar-refractivity contribution >= 4 is 70.8 Å². The highest BCUT2D eigenvalue weighted by Crippen LogP contribution is 2.33. The lowest BCUT2D eigenvalue weighted by molar-refractivity contribution is -0.143. The number of nitrogens with two attached hydrogens (primary N) is 1. The third-order valence-electron chi connectivity index (χ3n) is 11.1. The number of amides is 8. The minimum Gasteiger partial charge on any atom is -0.506 e. The Morgan fingerprint density at radius 3 is 2.01 bits per heavy atom. The van der Waals surface area contributed by atoms with Gasteiger partial charge in [0, 0.05) is 43.1 Å². The molecule has 356 valence electrons. The van der Waals surface area contributed by atoms with Crippen LogP contribution < -0.4 is 37.6 Å². The van der Waals surface area contributed by atoms with Gasteiger partial charge in [0.1, 0.15) is 47.5 Å². The van der Waals surface area contributed by atoms with E-state index < -0.39 is 103 Å². The van der Waals surface area contributed by atoms with Crippen LogP contribution >= 0.6 is 12.6 Å². The Hall–Kier alpha value is -7.06. The fourth-order valence-electron chi connectivity index (χ4n) is 7.70. The molecule has 1 aliphatic heterocycles. The molecule has 2 heterocycles. The van der Waals surface area contributed by atoms with Crippen molar-refractivity contribution in [1.82, 2.24) is 41.8 Å². The Balaban J connectivity index is 1.28. The van der Waals surface area contributed by atoms with Gasteiger partial charge in [-0.2, -0.15) is 12.6 Å². The number of likely N-dealkylation sites (tertiary alicyclic amines) is 1. The quantitative estimate of drug-likeness (QED) is 0.0497. The Bertz CT molecular complexity index is 2440. The molecule has 8 amide bonds. The topological polar surface area (TPSA) is 291 Å². The number of nitrogens with one attached hydrogen (secondary N) is 6. The number of hydrogen-bond acceptors (Lipinski definition) is 12. The fourth-order valence-corrected chi connectivity index (χ4v) is 7.95. The SMILES string of the molecule is CC(=O)N[C@H](Cc1ccc2c(-c3ccccc3)ccc(O)c2n1)C(=O)N[C@H](C(=O)N1CCC[C@H]1C(=O)N[C@H](CO)C(=O)N[C@@H](Cc1ccccc1)C(=O)N[C@@H](CS)C(=O)NCC(N)=O)C(C)C. The van der Waals surface area contributed by atoms with E-state index in [0.717, 1.165) is 11.1 Å². The molecule has 0 radical (unpaired) electrons. The van der Waals surface area contributed by atoms with Crippen molar-refractivity contribution in [3.8, 4) is 16.9 Å². The molecule has 0 aliphatic carbocycles. The van der Waals surface area contributed by atoms with E-state index in [-0.39, 0.29) is 37.3 Å². The average Bonchev–Trinajstić information content (AvgIpc) is 3.81. The molecule has 10 N–H and O–H groups in total. The van der Waals surface area contributed by atoms with Crippen molar-refractivity contribution in [2.75, 3.05) is 25.4 Å². The van der Waals surface area contributed by atoms with Crippen LogP contribution in [0.5, 0.6) is 5.75 Å². The van der Waals surface area contributed by atoms with E-state index >= 15 is 0 Å². The van der Waals surface area contributed by atoms with Gasteiger partial charge in [0.2, 0.25) is 47.3 Å². The van der Waals surface area contributed by atoms with Gasteiger partial charge in [-0.05, 0) is 53.6 Å². The molecule has 0 saturated carbocycles. The summed E-state index contributed by atoms with van der Waals surface area (Å²) in [5, 5.41) is 37.0. The van der Waals surface area contributed by atoms with Crippen LogP contribution in [0.3, 0.4) is 0 Å². The van der Waals surface area contributed by atoms with Crippen LogP contribution in [-0.2, 0) is 51.2 Å². The lowest BCUT2D eigenvalue weighted by Crippen LogP contribution is -2.61. The highest BCUT2D eigenvalue weighted by atomic mass is 32.1. The Morgan fingerprint density at radius 2 is 1.39 bits per heavy atom. The van der Waals surface area contributed by atoms with Crippen molar-refractivity contribution in [3.05, 3.63) is 96.2 Å². The third kappa shape index (κ3) is 13.7. The van der Waals surface area contributed by atoms with E-state index in [0.29, 0.717) is 28.6 Å². The predicted molar refractivity (Wildman–Crippen MR) is 251 cm³/mol. The number of primary amides is 1. The van der Waals surface area contributed by atoms with Crippen molar-refractivity contribution in [2.45, 2.75) is 82.7 Å². The number of aromatic hydroxyl groups is 1. The first-order chi connectivity index (χ1) is 32.0. The molecule has 1 fully saturated rings. The largest absolute Gasteiger partial charge is 0.506 e. The van der Waals surface area contributed by atoms with Crippen LogP contribution in [0.2, 0.25) is 0 Å². The maximum Gasteiger partial charge on any atom is 0.246 e. The zero-order valence-corrected chi connectivity index (χ0v) is 38.3. The summed E-state index contributed by atoms with van der Waals surface area (Å²) in [6.07, 6.45) is 0.447. The van der Waals surface area contributed by atoms with Crippen molar-refractivity contribution in [2.24, 2.45) is 11.7 Å². The highest BCUT2D eigenvalue weighted by Gasteiger charge is 2.41. The molecule has 5 rings (SSSR count). The molecular formula is C47H57N9O10S. The summed E-state index contributed by atoms with van der Waals surface area (Å²) in [6, 6.07) is 17.4. The second-order valence-electron chi connectivity index (χ2n) is 16.5. The van der Waals surface area contributed by atoms with Crippen molar-refractivity contribution < 1.29 is 48.6 Å². The lowest BCUT2D eigenvalue weighted by atomic mass is 9.99. The number of thiol groups is 1. The number of pyridine rings is 1. The first-order valence-corrected chi connectivity index (χ1v) is 22.4. The van der Waals surface area contributed by atoms with E-state index in [9.17, 15) is 48.6 Å². The van der Waals surface area contributed by atoms with Crippen LogP contribution in [0.1, 0.15) is 44.9 Å². The maximum absolute atomic E-state index is 14.3. The fraction of sp³-hybridized carbons (Fsp3) is 0.383. The molecule has 1 saturated heterocycles. The number of aliphatic hydroxyl groups excluding tert-OH is 1. The molecule has 0 bridgehead atoms. The normalized spacial score (nSPS) is 15.6. The van der Waals surface area contributed by atoms with E-state index in [1.165, 1.54) is 17.9 Å². The first-order valence-electron chi connectivity index (χ1n) is 21.8. The molecule has 4 aromatic rings. The summed E-state index contributed by atoms with van der Waals surface area (Å²) in [4.78, 5) is 111.